The maximum Gasteiger partial charge on any atom is 0.241 e. The Morgan fingerprint density at radius 1 is 1.62 bits per heavy atom. The quantitative estimate of drug-likeness (QED) is 0.750. The van der Waals surface area contributed by atoms with E-state index in [2.05, 4.69) is 12.2 Å². The molecule has 1 amide bonds. The first-order valence-electron chi connectivity index (χ1n) is 5.90. The summed E-state index contributed by atoms with van der Waals surface area (Å²) in [6, 6.07) is 0.185. The van der Waals surface area contributed by atoms with E-state index in [0.29, 0.717) is 12.4 Å². The molecule has 5 heteroatoms. The largest absolute Gasteiger partial charge is 0.326 e. The van der Waals surface area contributed by atoms with Crippen LogP contribution in [0.1, 0.15) is 33.1 Å². The number of rotatable bonds is 6. The summed E-state index contributed by atoms with van der Waals surface area (Å²) < 4.78 is 11.0. The predicted molar refractivity (Wildman–Crippen MR) is 66.6 cm³/mol. The Morgan fingerprint density at radius 2 is 2.31 bits per heavy atom. The Kier molecular flexibility index (Phi) is 5.41. The highest BCUT2D eigenvalue weighted by Gasteiger charge is 2.32. The van der Waals surface area contributed by atoms with Gasteiger partial charge in [-0.3, -0.25) is 14.3 Å². The molecular formula is C11H22N2O2S. The molecule has 3 unspecified atom stereocenters. The minimum atomic E-state index is -0.768. The molecule has 1 heterocycles. The summed E-state index contributed by atoms with van der Waals surface area (Å²) in [7, 11) is -0.768. The van der Waals surface area contributed by atoms with E-state index in [1.165, 1.54) is 0 Å². The second-order valence-corrected chi connectivity index (χ2v) is 5.98. The fraction of sp³-hybridized carbons (Fsp3) is 0.909. The van der Waals surface area contributed by atoms with E-state index in [1.807, 2.05) is 11.8 Å². The Bertz CT molecular complexity index is 271. The number of hydrogen-bond acceptors (Lipinski definition) is 3. The molecule has 0 radical (unpaired) electrons. The Morgan fingerprint density at radius 3 is 2.88 bits per heavy atom. The lowest BCUT2D eigenvalue weighted by Crippen LogP contribution is -2.37. The van der Waals surface area contributed by atoms with Crippen LogP contribution in [0.25, 0.3) is 0 Å². The van der Waals surface area contributed by atoms with Crippen LogP contribution in [0.2, 0.25) is 0 Å². The molecule has 0 spiro atoms. The first-order chi connectivity index (χ1) is 7.56. The second kappa shape index (κ2) is 6.35. The maximum atomic E-state index is 12.0. The number of nitrogens with zero attached hydrogens (tertiary/aromatic N) is 1. The lowest BCUT2D eigenvalue weighted by molar-refractivity contribution is -0.130. The van der Waals surface area contributed by atoms with Gasteiger partial charge in [-0.1, -0.05) is 13.3 Å². The van der Waals surface area contributed by atoms with E-state index in [0.717, 1.165) is 19.3 Å². The molecule has 1 aliphatic heterocycles. The van der Waals surface area contributed by atoms with Crippen LogP contribution in [-0.2, 0) is 15.6 Å². The smallest absolute Gasteiger partial charge is 0.241 e. The first kappa shape index (κ1) is 13.6. The molecule has 94 valence electrons. The van der Waals surface area contributed by atoms with Crippen molar-refractivity contribution in [2.45, 2.75) is 45.2 Å². The molecule has 1 aliphatic rings. The molecular weight excluding hydrogens is 224 g/mol. The monoisotopic (exact) mass is 246 g/mol. The van der Waals surface area contributed by atoms with Gasteiger partial charge < -0.3 is 4.90 Å². The third-order valence-electron chi connectivity index (χ3n) is 3.02. The van der Waals surface area contributed by atoms with Gasteiger partial charge in [0.05, 0.1) is 12.7 Å². The van der Waals surface area contributed by atoms with E-state index in [-0.39, 0.29) is 18.0 Å². The SMILES string of the molecule is CCCC1NCN(C(C)CCS(C)=O)C1=O. The van der Waals surface area contributed by atoms with Crippen molar-refractivity contribution in [3.05, 3.63) is 0 Å². The summed E-state index contributed by atoms with van der Waals surface area (Å²) in [5, 5.41) is 3.23. The van der Waals surface area contributed by atoms with E-state index < -0.39 is 10.8 Å². The molecule has 0 aromatic rings. The van der Waals surface area contributed by atoms with Crippen molar-refractivity contribution in [2.75, 3.05) is 18.7 Å². The molecule has 0 aromatic carbocycles. The summed E-state index contributed by atoms with van der Waals surface area (Å²) in [6.45, 7) is 4.75. The number of carbonyl (C=O) groups is 1. The molecule has 0 saturated carbocycles. The van der Waals surface area contributed by atoms with Gasteiger partial charge in [-0.15, -0.1) is 0 Å². The van der Waals surface area contributed by atoms with E-state index >= 15 is 0 Å². The predicted octanol–water partition coefficient (Wildman–Crippen LogP) is 0.702. The van der Waals surface area contributed by atoms with Crippen molar-refractivity contribution in [3.63, 3.8) is 0 Å². The summed E-state index contributed by atoms with van der Waals surface area (Å²) >= 11 is 0. The molecule has 1 N–H and O–H groups in total. The average molecular weight is 246 g/mol. The number of hydrogen-bond donors (Lipinski definition) is 1. The topological polar surface area (TPSA) is 49.4 Å². The zero-order valence-corrected chi connectivity index (χ0v) is 11.2. The van der Waals surface area contributed by atoms with Crippen LogP contribution < -0.4 is 5.32 Å². The minimum absolute atomic E-state index is 0.000394. The highest BCUT2D eigenvalue weighted by molar-refractivity contribution is 7.84. The van der Waals surface area contributed by atoms with Crippen molar-refractivity contribution in [1.82, 2.24) is 10.2 Å². The van der Waals surface area contributed by atoms with Gasteiger partial charge in [0.2, 0.25) is 5.91 Å². The fourth-order valence-corrected chi connectivity index (χ4v) is 2.63. The van der Waals surface area contributed by atoms with E-state index in [9.17, 15) is 9.00 Å². The maximum absolute atomic E-state index is 12.0. The molecule has 3 atom stereocenters. The molecule has 0 bridgehead atoms. The zero-order valence-electron chi connectivity index (χ0n) is 10.4. The van der Waals surface area contributed by atoms with Crippen LogP contribution >= 0.6 is 0 Å². The van der Waals surface area contributed by atoms with Gasteiger partial charge in [-0.25, -0.2) is 0 Å². The fourth-order valence-electron chi connectivity index (χ4n) is 1.95. The van der Waals surface area contributed by atoms with Crippen LogP contribution in [-0.4, -0.2) is 45.8 Å². The molecule has 16 heavy (non-hydrogen) atoms. The van der Waals surface area contributed by atoms with Crippen molar-refractivity contribution in [3.8, 4) is 0 Å². The molecule has 4 nitrogen and oxygen atoms in total. The second-order valence-electron chi connectivity index (χ2n) is 4.43. The first-order valence-corrected chi connectivity index (χ1v) is 7.62. The van der Waals surface area contributed by atoms with Crippen molar-refractivity contribution < 1.29 is 9.00 Å². The number of amides is 1. The van der Waals surface area contributed by atoms with Crippen molar-refractivity contribution in [1.29, 1.82) is 0 Å². The summed E-state index contributed by atoms with van der Waals surface area (Å²) in [4.78, 5) is 13.8. The van der Waals surface area contributed by atoms with Crippen molar-refractivity contribution in [2.24, 2.45) is 0 Å². The van der Waals surface area contributed by atoms with Gasteiger partial charge in [-0.2, -0.15) is 0 Å². The number of carbonyl (C=O) groups excluding carboxylic acids is 1. The summed E-state index contributed by atoms with van der Waals surface area (Å²) in [5.41, 5.74) is 0. The zero-order chi connectivity index (χ0) is 12.1. The normalized spacial score (nSPS) is 24.8. The lowest BCUT2D eigenvalue weighted by Gasteiger charge is -2.23. The standard InChI is InChI=1S/C11H22N2O2S/c1-4-5-10-11(14)13(8-12-10)9(2)6-7-16(3)15/h9-10,12H,4-8H2,1-3H3. The highest BCUT2D eigenvalue weighted by atomic mass is 32.2. The summed E-state index contributed by atoms with van der Waals surface area (Å²) in [5.74, 6) is 0.875. The van der Waals surface area contributed by atoms with Gasteiger partial charge in [0.25, 0.3) is 0 Å². The van der Waals surface area contributed by atoms with Crippen LogP contribution in [0, 0.1) is 0 Å². The van der Waals surface area contributed by atoms with Crippen LogP contribution in [0.5, 0.6) is 0 Å². The van der Waals surface area contributed by atoms with E-state index in [1.54, 1.807) is 6.26 Å². The van der Waals surface area contributed by atoms with Crippen LogP contribution in [0.15, 0.2) is 0 Å². The summed E-state index contributed by atoms with van der Waals surface area (Å²) in [6.07, 6.45) is 4.44. The molecule has 0 aromatic heterocycles. The molecule has 1 fully saturated rings. The van der Waals surface area contributed by atoms with E-state index in [4.69, 9.17) is 0 Å². The Balaban J connectivity index is 2.43. The molecule has 0 aliphatic carbocycles. The molecule has 1 saturated heterocycles. The van der Waals surface area contributed by atoms with Crippen LogP contribution in [0.4, 0.5) is 0 Å². The van der Waals surface area contributed by atoms with Crippen LogP contribution in [0.3, 0.4) is 0 Å². The third kappa shape index (κ3) is 3.56. The Hall–Kier alpha value is -0.420. The van der Waals surface area contributed by atoms with Gasteiger partial charge in [0, 0.05) is 28.9 Å². The van der Waals surface area contributed by atoms with Gasteiger partial charge in [0.1, 0.15) is 0 Å². The molecule has 1 rings (SSSR count). The van der Waals surface area contributed by atoms with Gasteiger partial charge in [-0.05, 0) is 19.8 Å². The average Bonchev–Trinajstić information content (AvgIpc) is 2.58. The third-order valence-corrected chi connectivity index (χ3v) is 3.83. The van der Waals surface area contributed by atoms with Crippen molar-refractivity contribution >= 4 is 16.7 Å². The highest BCUT2D eigenvalue weighted by Crippen LogP contribution is 2.14. The minimum Gasteiger partial charge on any atom is -0.326 e. The number of nitrogens with one attached hydrogen (secondary N) is 1. The lowest BCUT2D eigenvalue weighted by atomic mass is 10.1. The van der Waals surface area contributed by atoms with Gasteiger partial charge >= 0.3 is 0 Å². The Labute approximate surface area is 100 Å². The van der Waals surface area contributed by atoms with Gasteiger partial charge in [0.15, 0.2) is 0 Å².